The Kier molecular flexibility index (Phi) is 13.1. The monoisotopic (exact) mass is 639 g/mol. The molecule has 1 atom stereocenters. The average Bonchev–Trinajstić information content (AvgIpc) is 3.25. The molecule has 0 saturated heterocycles. The quantitative estimate of drug-likeness (QED) is 0.179. The van der Waals surface area contributed by atoms with Gasteiger partial charge in [0.1, 0.15) is 11.4 Å². The topological polar surface area (TPSA) is 90.3 Å². The van der Waals surface area contributed by atoms with E-state index in [1.165, 1.54) is 18.7 Å². The highest BCUT2D eigenvalue weighted by molar-refractivity contribution is 8.13. The van der Waals surface area contributed by atoms with Gasteiger partial charge in [0.05, 0.1) is 17.8 Å². The lowest BCUT2D eigenvalue weighted by molar-refractivity contribution is -0.125. The molecule has 1 heterocycles. The number of aromatic nitrogens is 2. The van der Waals surface area contributed by atoms with Crippen molar-refractivity contribution in [3.8, 4) is 11.1 Å². The first-order valence-corrected chi connectivity index (χ1v) is 16.7. The fourth-order valence-electron chi connectivity index (χ4n) is 4.96. The van der Waals surface area contributed by atoms with Gasteiger partial charge in [-0.2, -0.15) is 0 Å². The Morgan fingerprint density at radius 3 is 2.36 bits per heavy atom. The van der Waals surface area contributed by atoms with Crippen LogP contribution in [0.2, 0.25) is 5.15 Å². The normalized spacial score (nSPS) is 12.3. The van der Waals surface area contributed by atoms with Crippen molar-refractivity contribution in [1.82, 2.24) is 14.9 Å². The molecule has 1 aromatic heterocycles. The van der Waals surface area contributed by atoms with Crippen molar-refractivity contribution in [3.63, 3.8) is 0 Å². The zero-order valence-electron chi connectivity index (χ0n) is 27.0. The summed E-state index contributed by atoms with van der Waals surface area (Å²) < 4.78 is 7.74. The van der Waals surface area contributed by atoms with Crippen LogP contribution in [0.4, 0.5) is 0 Å². The number of hydrogen-bond donors (Lipinski definition) is 1. The van der Waals surface area contributed by atoms with E-state index >= 15 is 0 Å². The van der Waals surface area contributed by atoms with Crippen LogP contribution in [0.1, 0.15) is 95.2 Å². The van der Waals surface area contributed by atoms with Crippen LogP contribution in [0, 0.1) is 11.8 Å². The standard InChI is InChI=1S/C35H46ClN3O4S/c1-8-9-14-31-38-32(36)30(20-37-33(41)27(19-23(2)3)22-44-24(4)40)39(31)21-25-15-17-26(18-16-25)28-12-10-11-13-29(28)34(42)43-35(5,6)7/h10-13,15-18,23,27H,8-9,14,19-22H2,1-7H3,(H,37,41). The molecule has 1 N–H and O–H groups in total. The zero-order valence-corrected chi connectivity index (χ0v) is 28.6. The van der Waals surface area contributed by atoms with Crippen molar-refractivity contribution >= 4 is 40.4 Å². The maximum absolute atomic E-state index is 13.2. The van der Waals surface area contributed by atoms with E-state index < -0.39 is 5.60 Å². The number of nitrogens with zero attached hydrogens (tertiary/aromatic N) is 2. The Morgan fingerprint density at radius 2 is 1.75 bits per heavy atom. The predicted molar refractivity (Wildman–Crippen MR) is 180 cm³/mol. The van der Waals surface area contributed by atoms with Gasteiger partial charge in [-0.05, 0) is 62.3 Å². The maximum Gasteiger partial charge on any atom is 0.339 e. The molecule has 1 unspecified atom stereocenters. The third-order valence-electron chi connectivity index (χ3n) is 7.05. The van der Waals surface area contributed by atoms with E-state index in [0.29, 0.717) is 35.4 Å². The number of carbonyl (C=O) groups excluding carboxylic acids is 3. The minimum absolute atomic E-state index is 0.00703. The highest BCUT2D eigenvalue weighted by Crippen LogP contribution is 2.28. The molecule has 0 aliphatic rings. The molecule has 0 aliphatic carbocycles. The number of thioether (sulfide) groups is 1. The summed E-state index contributed by atoms with van der Waals surface area (Å²) in [6, 6.07) is 15.6. The van der Waals surface area contributed by atoms with Crippen molar-refractivity contribution in [2.24, 2.45) is 11.8 Å². The Bertz CT molecular complexity index is 1430. The summed E-state index contributed by atoms with van der Waals surface area (Å²) in [6.45, 7) is 14.2. The Morgan fingerprint density at radius 1 is 1.07 bits per heavy atom. The van der Waals surface area contributed by atoms with Gasteiger partial charge in [0.2, 0.25) is 5.91 Å². The van der Waals surface area contributed by atoms with Crippen molar-refractivity contribution < 1.29 is 19.1 Å². The molecule has 7 nitrogen and oxygen atoms in total. The first-order valence-electron chi connectivity index (χ1n) is 15.4. The van der Waals surface area contributed by atoms with E-state index in [4.69, 9.17) is 16.3 Å². The number of aryl methyl sites for hydroxylation is 1. The zero-order chi connectivity index (χ0) is 32.4. The average molecular weight is 640 g/mol. The van der Waals surface area contributed by atoms with Gasteiger partial charge in [-0.3, -0.25) is 9.59 Å². The second-order valence-electron chi connectivity index (χ2n) is 12.5. The molecule has 1 amide bonds. The Balaban J connectivity index is 1.85. The number of unbranched alkanes of at least 4 members (excludes halogenated alkanes) is 1. The second kappa shape index (κ2) is 16.3. The first kappa shape index (κ1) is 35.4. The summed E-state index contributed by atoms with van der Waals surface area (Å²) >= 11 is 7.86. The molecule has 2 aromatic carbocycles. The van der Waals surface area contributed by atoms with E-state index in [1.54, 1.807) is 6.07 Å². The number of imidazole rings is 1. The van der Waals surface area contributed by atoms with Gasteiger partial charge in [-0.25, -0.2) is 9.78 Å². The molecule has 0 saturated carbocycles. The number of halogens is 1. The summed E-state index contributed by atoms with van der Waals surface area (Å²) in [5, 5.41) is 3.47. The number of amides is 1. The first-order chi connectivity index (χ1) is 20.8. The van der Waals surface area contributed by atoms with Crippen molar-refractivity contribution in [3.05, 3.63) is 76.3 Å². The van der Waals surface area contributed by atoms with Gasteiger partial charge in [0.25, 0.3) is 0 Å². The summed E-state index contributed by atoms with van der Waals surface area (Å²) in [7, 11) is 0. The molecule has 3 aromatic rings. The molecule has 238 valence electrons. The lowest BCUT2D eigenvalue weighted by atomic mass is 9.98. The van der Waals surface area contributed by atoms with E-state index in [2.05, 4.69) is 35.6 Å². The highest BCUT2D eigenvalue weighted by Gasteiger charge is 2.24. The van der Waals surface area contributed by atoms with E-state index in [9.17, 15) is 14.4 Å². The fraction of sp³-hybridized carbons (Fsp3) is 0.486. The summed E-state index contributed by atoms with van der Waals surface area (Å²) in [5.41, 5.74) is 3.46. The van der Waals surface area contributed by atoms with Gasteiger partial charge >= 0.3 is 5.97 Å². The molecular weight excluding hydrogens is 594 g/mol. The summed E-state index contributed by atoms with van der Waals surface area (Å²) in [4.78, 5) is 42.4. The molecule has 3 rings (SSSR count). The molecule has 0 radical (unpaired) electrons. The molecule has 0 bridgehead atoms. The van der Waals surface area contributed by atoms with Gasteiger partial charge in [0.15, 0.2) is 10.3 Å². The molecule has 0 spiro atoms. The lowest BCUT2D eigenvalue weighted by Gasteiger charge is -2.20. The second-order valence-corrected chi connectivity index (χ2v) is 14.1. The van der Waals surface area contributed by atoms with Crippen LogP contribution in [0.5, 0.6) is 0 Å². The van der Waals surface area contributed by atoms with Crippen molar-refractivity contribution in [2.45, 2.75) is 92.8 Å². The lowest BCUT2D eigenvalue weighted by Crippen LogP contribution is -2.33. The number of esters is 1. The van der Waals surface area contributed by atoms with E-state index in [-0.39, 0.29) is 29.5 Å². The highest BCUT2D eigenvalue weighted by atomic mass is 35.5. The third-order valence-corrected chi connectivity index (χ3v) is 8.33. The molecule has 44 heavy (non-hydrogen) atoms. The number of ether oxygens (including phenoxy) is 1. The van der Waals surface area contributed by atoms with Crippen LogP contribution in [-0.4, -0.2) is 37.9 Å². The van der Waals surface area contributed by atoms with Crippen LogP contribution < -0.4 is 5.32 Å². The summed E-state index contributed by atoms with van der Waals surface area (Å²) in [6.07, 6.45) is 3.46. The van der Waals surface area contributed by atoms with Gasteiger partial charge < -0.3 is 14.6 Å². The van der Waals surface area contributed by atoms with Crippen LogP contribution in [0.15, 0.2) is 48.5 Å². The molecule has 0 aliphatic heterocycles. The Hall–Kier alpha value is -3.10. The molecule has 9 heteroatoms. The number of rotatable bonds is 14. The van der Waals surface area contributed by atoms with Gasteiger partial charge in [-0.15, -0.1) is 0 Å². The molecular formula is C35H46ClN3O4S. The SMILES string of the molecule is CCCCc1nc(Cl)c(CNC(=O)C(CSC(C)=O)CC(C)C)n1Cc1ccc(-c2ccccc2C(=O)OC(C)(C)C)cc1. The predicted octanol–water partition coefficient (Wildman–Crippen LogP) is 8.11. The maximum atomic E-state index is 13.2. The minimum Gasteiger partial charge on any atom is -0.456 e. The largest absolute Gasteiger partial charge is 0.456 e. The number of carbonyl (C=O) groups is 3. The Labute approximate surface area is 271 Å². The fourth-order valence-corrected chi connectivity index (χ4v) is 5.95. The third kappa shape index (κ3) is 10.5. The van der Waals surface area contributed by atoms with Crippen molar-refractivity contribution in [1.29, 1.82) is 0 Å². The van der Waals surface area contributed by atoms with Crippen LogP contribution in [0.25, 0.3) is 11.1 Å². The molecule has 0 fully saturated rings. The van der Waals surface area contributed by atoms with E-state index in [1.807, 2.05) is 63.2 Å². The van der Waals surface area contributed by atoms with Crippen LogP contribution in [0.3, 0.4) is 0 Å². The minimum atomic E-state index is -0.588. The van der Waals surface area contributed by atoms with E-state index in [0.717, 1.165) is 47.5 Å². The smallest absolute Gasteiger partial charge is 0.339 e. The van der Waals surface area contributed by atoms with Gasteiger partial charge in [-0.1, -0.05) is 93.0 Å². The van der Waals surface area contributed by atoms with Crippen LogP contribution in [-0.2, 0) is 33.8 Å². The number of hydrogen-bond acceptors (Lipinski definition) is 6. The number of benzene rings is 2. The van der Waals surface area contributed by atoms with Gasteiger partial charge in [0, 0.05) is 31.6 Å². The van der Waals surface area contributed by atoms with Crippen LogP contribution >= 0.6 is 23.4 Å². The van der Waals surface area contributed by atoms with Crippen molar-refractivity contribution in [2.75, 3.05) is 5.75 Å². The number of nitrogens with one attached hydrogen (secondary N) is 1. The summed E-state index contributed by atoms with van der Waals surface area (Å²) in [5.74, 6) is 0.956.